The summed E-state index contributed by atoms with van der Waals surface area (Å²) < 4.78 is 0. The van der Waals surface area contributed by atoms with Gasteiger partial charge in [0.15, 0.2) is 0 Å². The van der Waals surface area contributed by atoms with Crippen LogP contribution < -0.4 is 11.1 Å². The minimum absolute atomic E-state index is 0.181. The number of nitrogens with one attached hydrogen (secondary N) is 1. The molecule has 0 spiro atoms. The molecular formula is C12H22N2O. The minimum atomic E-state index is 0.181. The van der Waals surface area contributed by atoms with Gasteiger partial charge in [-0.25, -0.2) is 0 Å². The number of rotatable bonds is 5. The van der Waals surface area contributed by atoms with E-state index in [9.17, 15) is 4.79 Å². The summed E-state index contributed by atoms with van der Waals surface area (Å²) in [4.78, 5) is 11.8. The zero-order chi connectivity index (χ0) is 11.1. The third-order valence-corrected chi connectivity index (χ3v) is 4.22. The maximum Gasteiger partial charge on any atom is 0.223 e. The fraction of sp³-hybridized carbons (Fsp3) is 0.917. The van der Waals surface area contributed by atoms with E-state index < -0.39 is 0 Å². The molecule has 0 aromatic carbocycles. The van der Waals surface area contributed by atoms with Crippen LogP contribution in [0.15, 0.2) is 0 Å². The van der Waals surface area contributed by atoms with Crippen LogP contribution >= 0.6 is 0 Å². The van der Waals surface area contributed by atoms with E-state index in [0.717, 1.165) is 12.8 Å². The summed E-state index contributed by atoms with van der Waals surface area (Å²) in [5, 5.41) is 2.99. The molecule has 2 aliphatic rings. The molecular weight excluding hydrogens is 188 g/mol. The Morgan fingerprint density at radius 3 is 2.73 bits per heavy atom. The summed E-state index contributed by atoms with van der Waals surface area (Å²) >= 11 is 0. The molecule has 3 atom stereocenters. The van der Waals surface area contributed by atoms with Gasteiger partial charge in [0.2, 0.25) is 5.91 Å². The maximum absolute atomic E-state index is 11.8. The second-order valence-electron chi connectivity index (χ2n) is 5.51. The number of carbonyl (C=O) groups is 1. The predicted molar refractivity (Wildman–Crippen MR) is 60.2 cm³/mol. The zero-order valence-electron chi connectivity index (χ0n) is 9.75. The molecule has 2 fully saturated rings. The quantitative estimate of drug-likeness (QED) is 0.718. The molecule has 0 saturated heterocycles. The Morgan fingerprint density at radius 2 is 2.27 bits per heavy atom. The molecule has 0 aliphatic heterocycles. The molecule has 0 aromatic heterocycles. The Balaban J connectivity index is 1.69. The van der Waals surface area contributed by atoms with Crippen LogP contribution in [0.2, 0.25) is 0 Å². The molecule has 3 heteroatoms. The van der Waals surface area contributed by atoms with Crippen LogP contribution in [0.5, 0.6) is 0 Å². The smallest absolute Gasteiger partial charge is 0.223 e. The van der Waals surface area contributed by atoms with Gasteiger partial charge in [-0.2, -0.15) is 0 Å². The number of amides is 1. The van der Waals surface area contributed by atoms with Crippen LogP contribution in [-0.2, 0) is 4.79 Å². The Morgan fingerprint density at radius 1 is 1.60 bits per heavy atom. The van der Waals surface area contributed by atoms with Crippen molar-refractivity contribution in [2.45, 2.75) is 45.6 Å². The molecule has 3 nitrogen and oxygen atoms in total. The van der Waals surface area contributed by atoms with Crippen molar-refractivity contribution >= 4 is 5.91 Å². The second-order valence-corrected chi connectivity index (χ2v) is 5.51. The topological polar surface area (TPSA) is 55.1 Å². The zero-order valence-corrected chi connectivity index (χ0v) is 9.75. The lowest BCUT2D eigenvalue weighted by Gasteiger charge is -2.12. The largest absolute Gasteiger partial charge is 0.354 e. The molecule has 1 amide bonds. The van der Waals surface area contributed by atoms with Crippen LogP contribution in [0.25, 0.3) is 0 Å². The van der Waals surface area contributed by atoms with Gasteiger partial charge in [0.1, 0.15) is 0 Å². The van der Waals surface area contributed by atoms with E-state index in [1.54, 1.807) is 0 Å². The van der Waals surface area contributed by atoms with Crippen LogP contribution in [-0.4, -0.2) is 18.5 Å². The molecule has 0 radical (unpaired) electrons. The second kappa shape index (κ2) is 3.78. The fourth-order valence-electron chi connectivity index (χ4n) is 2.24. The lowest BCUT2D eigenvalue weighted by molar-refractivity contribution is -0.123. The van der Waals surface area contributed by atoms with Gasteiger partial charge in [0, 0.05) is 18.5 Å². The lowest BCUT2D eigenvalue weighted by Crippen LogP contribution is -2.39. The van der Waals surface area contributed by atoms with E-state index >= 15 is 0 Å². The van der Waals surface area contributed by atoms with Crippen molar-refractivity contribution in [3.8, 4) is 0 Å². The SMILES string of the molecule is CCC1(C)CC1C(=O)NCC(N)C1CC1. The number of carbonyl (C=O) groups excluding carboxylic acids is 1. The Labute approximate surface area is 91.8 Å². The van der Waals surface area contributed by atoms with Crippen molar-refractivity contribution < 1.29 is 4.79 Å². The highest BCUT2D eigenvalue weighted by Gasteiger charge is 2.52. The monoisotopic (exact) mass is 210 g/mol. The molecule has 3 N–H and O–H groups in total. The van der Waals surface area contributed by atoms with E-state index in [0.29, 0.717) is 12.5 Å². The van der Waals surface area contributed by atoms with Crippen molar-refractivity contribution in [2.24, 2.45) is 23.0 Å². The van der Waals surface area contributed by atoms with E-state index in [2.05, 4.69) is 19.2 Å². The molecule has 0 heterocycles. The van der Waals surface area contributed by atoms with Gasteiger partial charge in [0.05, 0.1) is 0 Å². The predicted octanol–water partition coefficient (Wildman–Crippen LogP) is 1.28. The van der Waals surface area contributed by atoms with Crippen molar-refractivity contribution in [2.75, 3.05) is 6.54 Å². The van der Waals surface area contributed by atoms with Crippen LogP contribution in [0, 0.1) is 17.3 Å². The average molecular weight is 210 g/mol. The standard InChI is InChI=1S/C12H22N2O/c1-3-12(2)6-9(12)11(15)14-7-10(13)8-4-5-8/h8-10H,3-7,13H2,1-2H3,(H,14,15). The number of hydrogen-bond donors (Lipinski definition) is 2. The van der Waals surface area contributed by atoms with Crippen LogP contribution in [0.1, 0.15) is 39.5 Å². The minimum Gasteiger partial charge on any atom is -0.354 e. The van der Waals surface area contributed by atoms with Gasteiger partial charge >= 0.3 is 0 Å². The Hall–Kier alpha value is -0.570. The van der Waals surface area contributed by atoms with Crippen molar-refractivity contribution in [3.63, 3.8) is 0 Å². The Bertz CT molecular complexity index is 262. The van der Waals surface area contributed by atoms with Gasteiger partial charge < -0.3 is 11.1 Å². The summed E-state index contributed by atoms with van der Waals surface area (Å²) in [6.45, 7) is 5.01. The summed E-state index contributed by atoms with van der Waals surface area (Å²) in [5.74, 6) is 1.13. The first-order chi connectivity index (χ1) is 7.07. The summed E-state index contributed by atoms with van der Waals surface area (Å²) in [6, 6.07) is 0.181. The third kappa shape index (κ3) is 2.33. The molecule has 15 heavy (non-hydrogen) atoms. The van der Waals surface area contributed by atoms with Crippen molar-refractivity contribution in [1.82, 2.24) is 5.32 Å². The summed E-state index contributed by atoms with van der Waals surface area (Å²) in [7, 11) is 0. The van der Waals surface area contributed by atoms with Crippen LogP contribution in [0.3, 0.4) is 0 Å². The molecule has 2 saturated carbocycles. The average Bonchev–Trinajstić information content (AvgIpc) is 3.07. The molecule has 2 rings (SSSR count). The van der Waals surface area contributed by atoms with Gasteiger partial charge in [-0.05, 0) is 37.0 Å². The molecule has 3 unspecified atom stereocenters. The van der Waals surface area contributed by atoms with Crippen molar-refractivity contribution in [3.05, 3.63) is 0 Å². The molecule has 86 valence electrons. The highest BCUT2D eigenvalue weighted by atomic mass is 16.2. The van der Waals surface area contributed by atoms with Gasteiger partial charge in [-0.1, -0.05) is 13.8 Å². The first-order valence-electron chi connectivity index (χ1n) is 6.10. The van der Waals surface area contributed by atoms with Crippen molar-refractivity contribution in [1.29, 1.82) is 0 Å². The maximum atomic E-state index is 11.8. The number of hydrogen-bond acceptors (Lipinski definition) is 2. The lowest BCUT2D eigenvalue weighted by atomic mass is 10.0. The normalized spacial score (nSPS) is 36.1. The molecule has 0 aromatic rings. The number of nitrogens with two attached hydrogens (primary N) is 1. The van der Waals surface area contributed by atoms with Gasteiger partial charge in [0.25, 0.3) is 0 Å². The van der Waals surface area contributed by atoms with E-state index in [1.807, 2.05) is 0 Å². The highest BCUT2D eigenvalue weighted by molar-refractivity contribution is 5.82. The van der Waals surface area contributed by atoms with E-state index in [1.165, 1.54) is 12.8 Å². The van der Waals surface area contributed by atoms with Gasteiger partial charge in [-0.3, -0.25) is 4.79 Å². The fourth-order valence-corrected chi connectivity index (χ4v) is 2.24. The van der Waals surface area contributed by atoms with E-state index in [4.69, 9.17) is 5.73 Å². The first-order valence-corrected chi connectivity index (χ1v) is 6.10. The molecule has 2 aliphatic carbocycles. The highest BCUT2D eigenvalue weighted by Crippen LogP contribution is 2.54. The molecule has 0 bridgehead atoms. The van der Waals surface area contributed by atoms with Crippen LogP contribution in [0.4, 0.5) is 0 Å². The van der Waals surface area contributed by atoms with E-state index in [-0.39, 0.29) is 23.3 Å². The van der Waals surface area contributed by atoms with Gasteiger partial charge in [-0.15, -0.1) is 0 Å². The third-order valence-electron chi connectivity index (χ3n) is 4.22. The first kappa shape index (κ1) is 10.9. The summed E-state index contributed by atoms with van der Waals surface area (Å²) in [5.41, 5.74) is 6.20. The Kier molecular flexibility index (Phi) is 2.75. The summed E-state index contributed by atoms with van der Waals surface area (Å²) in [6.07, 6.45) is 4.63.